The number of rotatable bonds is 7. The molecule has 0 unspecified atom stereocenters. The normalized spacial score (nSPS) is 13.7. The predicted molar refractivity (Wildman–Crippen MR) is 175 cm³/mol. The summed E-state index contributed by atoms with van der Waals surface area (Å²) in [5.41, 5.74) is 12.0. The summed E-state index contributed by atoms with van der Waals surface area (Å²) in [6.45, 7) is 10.1. The monoisotopic (exact) mass is 604 g/mol. The molecule has 3 N–H and O–H groups in total. The first kappa shape index (κ1) is 28.5. The molecule has 0 amide bonds. The van der Waals surface area contributed by atoms with E-state index < -0.39 is 0 Å². The molecule has 1 aliphatic rings. The van der Waals surface area contributed by atoms with Gasteiger partial charge in [0.15, 0.2) is 11.5 Å². The zero-order chi connectivity index (χ0) is 31.5. The van der Waals surface area contributed by atoms with Crippen LogP contribution in [0.5, 0.6) is 0 Å². The number of hydrogen-bond donors (Lipinski definition) is 2. The number of nitriles is 1. The van der Waals surface area contributed by atoms with Gasteiger partial charge < -0.3 is 15.9 Å². The zero-order valence-electron chi connectivity index (χ0n) is 24.7. The van der Waals surface area contributed by atoms with Gasteiger partial charge in [0, 0.05) is 43.8 Å². The molecule has 5 aromatic heterocycles. The second kappa shape index (κ2) is 12.4. The standard InChI is InChI=1S/C34H28N12/c1-37-30-19-23(10-15-38-30)27-8-9-28-34(42-27)46(33(43-28)26-3-2-14-40-32(26)36)25-6-4-22(5-7-25)21-45-17-12-24(13-18-45)41-29-11-16-39-31(20-35)44-29/h2-11,14-16,19,24H,12-13,17-18,21H2,(H2,36,40)(H,39,41,44). The lowest BCUT2D eigenvalue weighted by Crippen LogP contribution is -2.38. The van der Waals surface area contributed by atoms with Crippen molar-refractivity contribution in [3.8, 4) is 34.4 Å². The van der Waals surface area contributed by atoms with Gasteiger partial charge in [-0.05, 0) is 78.6 Å². The molecule has 0 aliphatic carbocycles. The highest BCUT2D eigenvalue weighted by Gasteiger charge is 2.21. The van der Waals surface area contributed by atoms with Gasteiger partial charge in [-0.3, -0.25) is 9.47 Å². The largest absolute Gasteiger partial charge is 0.383 e. The van der Waals surface area contributed by atoms with Crippen LogP contribution in [0.2, 0.25) is 0 Å². The first-order chi connectivity index (χ1) is 22.6. The number of benzene rings is 1. The van der Waals surface area contributed by atoms with E-state index in [-0.39, 0.29) is 5.82 Å². The molecular weight excluding hydrogens is 576 g/mol. The van der Waals surface area contributed by atoms with Crippen LogP contribution in [0.3, 0.4) is 0 Å². The maximum absolute atomic E-state index is 9.07. The van der Waals surface area contributed by atoms with Crippen molar-refractivity contribution >= 4 is 28.6 Å². The molecule has 0 radical (unpaired) electrons. The number of likely N-dealkylation sites (tertiary alicyclic amines) is 1. The number of piperidine rings is 1. The lowest BCUT2D eigenvalue weighted by molar-refractivity contribution is 0.211. The molecule has 6 aromatic rings. The van der Waals surface area contributed by atoms with Crippen LogP contribution in [0, 0.1) is 17.9 Å². The van der Waals surface area contributed by atoms with E-state index in [0.717, 1.165) is 43.7 Å². The topological polar surface area (TPSA) is 152 Å². The van der Waals surface area contributed by atoms with Gasteiger partial charge in [0.1, 0.15) is 29.4 Å². The third kappa shape index (κ3) is 5.80. The smallest absolute Gasteiger partial charge is 0.270 e. The Kier molecular flexibility index (Phi) is 7.69. The molecule has 0 saturated carbocycles. The van der Waals surface area contributed by atoms with Crippen molar-refractivity contribution in [3.63, 3.8) is 0 Å². The van der Waals surface area contributed by atoms with Crippen LogP contribution >= 0.6 is 0 Å². The minimum Gasteiger partial charge on any atom is -0.383 e. The predicted octanol–water partition coefficient (Wildman–Crippen LogP) is 5.42. The molecule has 0 atom stereocenters. The fourth-order valence-electron chi connectivity index (χ4n) is 5.73. The molecule has 46 heavy (non-hydrogen) atoms. The Bertz CT molecular complexity index is 2120. The summed E-state index contributed by atoms with van der Waals surface area (Å²) in [6, 6.07) is 23.7. The maximum Gasteiger partial charge on any atom is 0.270 e. The Morgan fingerprint density at radius 2 is 1.76 bits per heavy atom. The van der Waals surface area contributed by atoms with Gasteiger partial charge in [-0.2, -0.15) is 5.26 Å². The summed E-state index contributed by atoms with van der Waals surface area (Å²) in [5.74, 6) is 2.21. The van der Waals surface area contributed by atoms with E-state index in [1.54, 1.807) is 30.7 Å². The van der Waals surface area contributed by atoms with E-state index >= 15 is 0 Å². The van der Waals surface area contributed by atoms with Gasteiger partial charge in [-0.1, -0.05) is 18.7 Å². The number of imidazole rings is 1. The summed E-state index contributed by atoms with van der Waals surface area (Å²) in [4.78, 5) is 32.4. The summed E-state index contributed by atoms with van der Waals surface area (Å²) < 4.78 is 2.01. The Morgan fingerprint density at radius 3 is 2.54 bits per heavy atom. The molecule has 12 nitrogen and oxygen atoms in total. The van der Waals surface area contributed by atoms with Gasteiger partial charge in [0.25, 0.3) is 5.82 Å². The minimum absolute atomic E-state index is 0.172. The molecule has 0 spiro atoms. The molecule has 1 aliphatic heterocycles. The molecule has 1 saturated heterocycles. The summed E-state index contributed by atoms with van der Waals surface area (Å²) in [6.07, 6.45) is 6.84. The maximum atomic E-state index is 9.07. The van der Waals surface area contributed by atoms with Crippen LogP contribution < -0.4 is 11.1 Å². The highest BCUT2D eigenvalue weighted by molar-refractivity contribution is 5.84. The summed E-state index contributed by atoms with van der Waals surface area (Å²) in [7, 11) is 0. The van der Waals surface area contributed by atoms with Crippen molar-refractivity contribution in [1.82, 2.24) is 39.4 Å². The van der Waals surface area contributed by atoms with E-state index in [9.17, 15) is 0 Å². The van der Waals surface area contributed by atoms with E-state index in [1.165, 1.54) is 5.56 Å². The van der Waals surface area contributed by atoms with Crippen molar-refractivity contribution < 1.29 is 0 Å². The van der Waals surface area contributed by atoms with Crippen molar-refractivity contribution in [2.24, 2.45) is 0 Å². The van der Waals surface area contributed by atoms with E-state index in [4.69, 9.17) is 27.5 Å². The van der Waals surface area contributed by atoms with Gasteiger partial charge >= 0.3 is 0 Å². The number of nitrogens with zero attached hydrogens (tertiary/aromatic N) is 10. The van der Waals surface area contributed by atoms with Crippen LogP contribution in [-0.2, 0) is 6.54 Å². The fourth-order valence-corrected chi connectivity index (χ4v) is 5.73. The third-order valence-electron chi connectivity index (χ3n) is 8.04. The number of fused-ring (bicyclic) bond motifs is 1. The molecule has 7 rings (SSSR count). The summed E-state index contributed by atoms with van der Waals surface area (Å²) in [5, 5.41) is 12.5. The lowest BCUT2D eigenvalue weighted by atomic mass is 10.0. The second-order valence-corrected chi connectivity index (χ2v) is 11.0. The number of anilines is 2. The van der Waals surface area contributed by atoms with Crippen LogP contribution in [0.15, 0.2) is 85.3 Å². The summed E-state index contributed by atoms with van der Waals surface area (Å²) >= 11 is 0. The first-order valence-corrected chi connectivity index (χ1v) is 14.8. The van der Waals surface area contributed by atoms with Crippen molar-refractivity contribution in [3.05, 3.63) is 108 Å². The minimum atomic E-state index is 0.172. The molecular formula is C34H28N12. The number of nitrogen functional groups attached to an aromatic ring is 1. The molecule has 1 fully saturated rings. The molecule has 224 valence electrons. The molecule has 1 aromatic carbocycles. The number of nitrogens with two attached hydrogens (primary N) is 1. The Hall–Kier alpha value is -6.24. The SMILES string of the molecule is [C-]#[N+]c1cc(-c2ccc3nc(-c4cccnc4N)n(-c4ccc(CN5CCC(Nc6ccnc(C#N)n6)CC5)cc4)c3n2)ccn1. The fraction of sp³-hybridized carbons (Fsp3) is 0.176. The number of pyridine rings is 3. The zero-order valence-corrected chi connectivity index (χ0v) is 24.7. The average molecular weight is 605 g/mol. The number of hydrogen-bond acceptors (Lipinski definition) is 10. The molecule has 12 heteroatoms. The molecule has 0 bridgehead atoms. The van der Waals surface area contributed by atoms with Crippen LogP contribution in [0.1, 0.15) is 24.2 Å². The lowest BCUT2D eigenvalue weighted by Gasteiger charge is -2.32. The Morgan fingerprint density at radius 1 is 0.935 bits per heavy atom. The average Bonchev–Trinajstić information content (AvgIpc) is 3.48. The first-order valence-electron chi connectivity index (χ1n) is 14.8. The van der Waals surface area contributed by atoms with E-state index in [2.05, 4.69) is 59.3 Å². The molecule has 6 heterocycles. The van der Waals surface area contributed by atoms with Gasteiger partial charge in [-0.15, -0.1) is 4.98 Å². The number of aromatic nitrogens is 7. The van der Waals surface area contributed by atoms with Crippen molar-refractivity contribution in [2.75, 3.05) is 24.1 Å². The highest BCUT2D eigenvalue weighted by Crippen LogP contribution is 2.32. The van der Waals surface area contributed by atoms with Gasteiger partial charge in [0.05, 0.1) is 11.3 Å². The number of nitrogens with one attached hydrogen (secondary N) is 1. The quantitative estimate of drug-likeness (QED) is 0.226. The highest BCUT2D eigenvalue weighted by atomic mass is 15.2. The second-order valence-electron chi connectivity index (χ2n) is 11.0. The van der Waals surface area contributed by atoms with Crippen molar-refractivity contribution in [1.29, 1.82) is 5.26 Å². The van der Waals surface area contributed by atoms with Gasteiger partial charge in [0.2, 0.25) is 5.82 Å². The Balaban J connectivity index is 1.14. The van der Waals surface area contributed by atoms with E-state index in [1.807, 2.05) is 41.0 Å². The van der Waals surface area contributed by atoms with Gasteiger partial charge in [-0.25, -0.2) is 24.9 Å². The third-order valence-corrected chi connectivity index (χ3v) is 8.04. The van der Waals surface area contributed by atoms with Crippen molar-refractivity contribution in [2.45, 2.75) is 25.4 Å². The Labute approximate surface area is 265 Å². The van der Waals surface area contributed by atoms with Crippen LogP contribution in [-0.4, -0.2) is 58.5 Å². The van der Waals surface area contributed by atoms with Crippen LogP contribution in [0.25, 0.3) is 44.3 Å². The van der Waals surface area contributed by atoms with Crippen LogP contribution in [0.4, 0.5) is 17.5 Å². The van der Waals surface area contributed by atoms with E-state index in [0.29, 0.717) is 51.7 Å².